The van der Waals surface area contributed by atoms with Crippen LogP contribution in [0.15, 0.2) is 27.9 Å². The maximum Gasteiger partial charge on any atom is 0.206 e. The van der Waals surface area contributed by atoms with Gasteiger partial charge in [-0.3, -0.25) is 0 Å². The molecule has 150 valence electrons. The average molecular weight is 437 g/mol. The molecule has 3 rings (SSSR count). The number of methoxy groups -OCH3 is 1. The SMILES string of the molecule is CCOc1ccc(-c2nc(CSc3nnc(NCC(C)C)s3)cs2)cc1OC. The molecule has 9 heteroatoms. The monoisotopic (exact) mass is 436 g/mol. The molecule has 0 saturated heterocycles. The van der Waals surface area contributed by atoms with Gasteiger partial charge < -0.3 is 14.8 Å². The zero-order valence-corrected chi connectivity index (χ0v) is 18.8. The van der Waals surface area contributed by atoms with Crippen LogP contribution in [0.3, 0.4) is 0 Å². The van der Waals surface area contributed by atoms with Crippen molar-refractivity contribution in [1.82, 2.24) is 15.2 Å². The molecule has 1 aromatic carbocycles. The van der Waals surface area contributed by atoms with Crippen molar-refractivity contribution in [2.45, 2.75) is 30.9 Å². The predicted molar refractivity (Wildman–Crippen MR) is 118 cm³/mol. The molecule has 0 aliphatic heterocycles. The van der Waals surface area contributed by atoms with Crippen LogP contribution in [0.5, 0.6) is 11.5 Å². The Hall–Kier alpha value is -1.84. The van der Waals surface area contributed by atoms with E-state index < -0.39 is 0 Å². The Bertz CT molecular complexity index is 895. The Morgan fingerprint density at radius 2 is 2.07 bits per heavy atom. The number of nitrogens with zero attached hydrogens (tertiary/aromatic N) is 3. The van der Waals surface area contributed by atoms with Crippen LogP contribution in [-0.2, 0) is 5.75 Å². The molecule has 2 aromatic heterocycles. The lowest BCUT2D eigenvalue weighted by atomic mass is 10.2. The minimum Gasteiger partial charge on any atom is -0.493 e. The Morgan fingerprint density at radius 1 is 1.21 bits per heavy atom. The number of ether oxygens (including phenoxy) is 2. The molecule has 1 N–H and O–H groups in total. The van der Waals surface area contributed by atoms with Gasteiger partial charge in [-0.05, 0) is 31.0 Å². The first-order chi connectivity index (χ1) is 13.6. The summed E-state index contributed by atoms with van der Waals surface area (Å²) in [6.07, 6.45) is 0. The van der Waals surface area contributed by atoms with Gasteiger partial charge in [-0.15, -0.1) is 21.5 Å². The molecule has 0 radical (unpaired) electrons. The van der Waals surface area contributed by atoms with Crippen molar-refractivity contribution in [2.24, 2.45) is 5.92 Å². The van der Waals surface area contributed by atoms with Crippen molar-refractivity contribution >= 4 is 39.6 Å². The van der Waals surface area contributed by atoms with E-state index >= 15 is 0 Å². The van der Waals surface area contributed by atoms with E-state index in [4.69, 9.17) is 14.5 Å². The molecule has 0 spiro atoms. The topological polar surface area (TPSA) is 69.2 Å². The molecule has 3 aromatic rings. The van der Waals surface area contributed by atoms with Gasteiger partial charge in [-0.1, -0.05) is 36.9 Å². The van der Waals surface area contributed by atoms with Crippen molar-refractivity contribution < 1.29 is 9.47 Å². The van der Waals surface area contributed by atoms with Crippen molar-refractivity contribution in [1.29, 1.82) is 0 Å². The van der Waals surface area contributed by atoms with Gasteiger partial charge >= 0.3 is 0 Å². The molecule has 2 heterocycles. The largest absolute Gasteiger partial charge is 0.493 e. The first-order valence-corrected chi connectivity index (χ1v) is 11.7. The van der Waals surface area contributed by atoms with Gasteiger partial charge in [0.1, 0.15) is 5.01 Å². The molecule has 6 nitrogen and oxygen atoms in total. The number of anilines is 1. The first kappa shape index (κ1) is 20.9. The summed E-state index contributed by atoms with van der Waals surface area (Å²) < 4.78 is 12.0. The van der Waals surface area contributed by atoms with Crippen LogP contribution in [0, 0.1) is 5.92 Å². The minimum absolute atomic E-state index is 0.578. The summed E-state index contributed by atoms with van der Waals surface area (Å²) >= 11 is 4.87. The van der Waals surface area contributed by atoms with Crippen molar-refractivity contribution in [3.8, 4) is 22.1 Å². The minimum atomic E-state index is 0.578. The fourth-order valence-electron chi connectivity index (χ4n) is 2.35. The number of nitrogens with one attached hydrogen (secondary N) is 1. The Morgan fingerprint density at radius 3 is 2.82 bits per heavy atom. The molecule has 28 heavy (non-hydrogen) atoms. The lowest BCUT2D eigenvalue weighted by molar-refractivity contribution is 0.311. The van der Waals surface area contributed by atoms with Crippen molar-refractivity contribution in [2.75, 3.05) is 25.6 Å². The van der Waals surface area contributed by atoms with Gasteiger partial charge in [-0.25, -0.2) is 4.98 Å². The number of thiazole rings is 1. The quantitative estimate of drug-likeness (QED) is 0.425. The van der Waals surface area contributed by atoms with E-state index in [1.807, 2.05) is 25.1 Å². The molecule has 0 fully saturated rings. The van der Waals surface area contributed by atoms with Gasteiger partial charge in [0.05, 0.1) is 19.4 Å². The zero-order chi connectivity index (χ0) is 19.9. The van der Waals surface area contributed by atoms with Crippen LogP contribution in [-0.4, -0.2) is 35.4 Å². The maximum absolute atomic E-state index is 5.58. The summed E-state index contributed by atoms with van der Waals surface area (Å²) in [5.41, 5.74) is 2.06. The fourth-order valence-corrected chi connectivity index (χ4v) is 4.92. The van der Waals surface area contributed by atoms with Crippen LogP contribution in [0.1, 0.15) is 26.5 Å². The van der Waals surface area contributed by atoms with Gasteiger partial charge in [0, 0.05) is 23.2 Å². The number of hydrogen-bond donors (Lipinski definition) is 1. The van der Waals surface area contributed by atoms with Crippen LogP contribution >= 0.6 is 34.4 Å². The van der Waals surface area contributed by atoms with E-state index in [2.05, 4.69) is 34.7 Å². The van der Waals surface area contributed by atoms with E-state index in [9.17, 15) is 0 Å². The third kappa shape index (κ3) is 5.59. The standard InChI is InChI=1S/C19H24N4O2S3/c1-5-25-15-7-6-13(8-16(15)24-4)17-21-14(10-26-17)11-27-19-23-22-18(28-19)20-9-12(2)3/h6-8,10,12H,5,9,11H2,1-4H3,(H,20,22). The third-order valence-corrected chi connectivity index (χ3v) is 6.66. The van der Waals surface area contributed by atoms with Crippen molar-refractivity contribution in [3.05, 3.63) is 29.3 Å². The fraction of sp³-hybridized carbons (Fsp3) is 0.421. The highest BCUT2D eigenvalue weighted by Gasteiger charge is 2.11. The molecule has 0 bridgehead atoms. The van der Waals surface area contributed by atoms with Gasteiger partial charge in [0.25, 0.3) is 0 Å². The second-order valence-corrected chi connectivity index (χ2v) is 9.44. The molecule has 0 unspecified atom stereocenters. The van der Waals surface area contributed by atoms with E-state index in [1.54, 1.807) is 41.5 Å². The molecule has 0 aliphatic carbocycles. The molecule has 0 saturated carbocycles. The van der Waals surface area contributed by atoms with Crippen molar-refractivity contribution in [3.63, 3.8) is 0 Å². The number of hydrogen-bond acceptors (Lipinski definition) is 9. The van der Waals surface area contributed by atoms with Crippen LogP contribution < -0.4 is 14.8 Å². The lowest BCUT2D eigenvalue weighted by Gasteiger charge is -2.09. The molecule has 0 atom stereocenters. The van der Waals surface area contributed by atoms with Gasteiger partial charge in [-0.2, -0.15) is 0 Å². The number of benzene rings is 1. The third-order valence-electron chi connectivity index (χ3n) is 3.67. The maximum atomic E-state index is 5.58. The Kier molecular flexibility index (Phi) is 7.52. The van der Waals surface area contributed by atoms with Crippen LogP contribution in [0.4, 0.5) is 5.13 Å². The van der Waals surface area contributed by atoms with Gasteiger partial charge in [0.15, 0.2) is 15.8 Å². The summed E-state index contributed by atoms with van der Waals surface area (Å²) in [6, 6.07) is 5.92. The lowest BCUT2D eigenvalue weighted by Crippen LogP contribution is -2.07. The first-order valence-electron chi connectivity index (χ1n) is 9.04. The highest BCUT2D eigenvalue weighted by molar-refractivity contribution is 8.00. The number of thioether (sulfide) groups is 1. The molecular weight excluding hydrogens is 412 g/mol. The highest BCUT2D eigenvalue weighted by atomic mass is 32.2. The van der Waals surface area contributed by atoms with E-state index in [0.717, 1.165) is 49.5 Å². The molecule has 0 amide bonds. The second kappa shape index (κ2) is 10.1. The number of aromatic nitrogens is 3. The molecular formula is C19H24N4O2S3. The average Bonchev–Trinajstić information content (AvgIpc) is 3.34. The van der Waals surface area contributed by atoms with E-state index in [1.165, 1.54) is 0 Å². The second-order valence-electron chi connectivity index (χ2n) is 6.38. The summed E-state index contributed by atoms with van der Waals surface area (Å²) in [5, 5.41) is 15.7. The Labute approximate surface area is 177 Å². The number of rotatable bonds is 10. The normalized spacial score (nSPS) is 11.0. The smallest absolute Gasteiger partial charge is 0.206 e. The zero-order valence-electron chi connectivity index (χ0n) is 16.4. The van der Waals surface area contributed by atoms with Crippen LogP contribution in [0.2, 0.25) is 0 Å². The Balaban J connectivity index is 1.61. The summed E-state index contributed by atoms with van der Waals surface area (Å²) in [4.78, 5) is 4.76. The molecule has 0 aliphatic rings. The predicted octanol–water partition coefficient (Wildman–Crippen LogP) is 5.43. The van der Waals surface area contributed by atoms with E-state index in [0.29, 0.717) is 12.5 Å². The summed E-state index contributed by atoms with van der Waals surface area (Å²) in [6.45, 7) is 7.81. The highest BCUT2D eigenvalue weighted by Crippen LogP contribution is 2.35. The van der Waals surface area contributed by atoms with E-state index in [-0.39, 0.29) is 0 Å². The van der Waals surface area contributed by atoms with Gasteiger partial charge in [0.2, 0.25) is 5.13 Å². The van der Waals surface area contributed by atoms with Crippen LogP contribution in [0.25, 0.3) is 10.6 Å². The summed E-state index contributed by atoms with van der Waals surface area (Å²) in [7, 11) is 1.65. The summed E-state index contributed by atoms with van der Waals surface area (Å²) in [5.74, 6) is 2.82.